The SMILES string of the molecule is Cc1ccc(C)c(N2C(=O)c3ccc(C(=O)OCC(=O)N(C)C)cc3C2=O)c1. The summed E-state index contributed by atoms with van der Waals surface area (Å²) in [6, 6.07) is 9.71. The van der Waals surface area contributed by atoms with Gasteiger partial charge < -0.3 is 9.64 Å². The van der Waals surface area contributed by atoms with E-state index in [4.69, 9.17) is 4.74 Å². The molecule has 1 aliphatic heterocycles. The fourth-order valence-corrected chi connectivity index (χ4v) is 2.89. The molecule has 0 bridgehead atoms. The zero-order valence-corrected chi connectivity index (χ0v) is 16.1. The largest absolute Gasteiger partial charge is 0.452 e. The fourth-order valence-electron chi connectivity index (χ4n) is 2.89. The Morgan fingerprint density at radius 3 is 2.32 bits per heavy atom. The number of imide groups is 1. The number of ether oxygens (including phenoxy) is 1. The highest BCUT2D eigenvalue weighted by Gasteiger charge is 2.38. The van der Waals surface area contributed by atoms with Crippen LogP contribution in [0.25, 0.3) is 0 Å². The Bertz CT molecular complexity index is 1010. The summed E-state index contributed by atoms with van der Waals surface area (Å²) in [5.41, 5.74) is 2.71. The average Bonchev–Trinajstić information content (AvgIpc) is 2.91. The molecule has 0 radical (unpaired) electrons. The van der Waals surface area contributed by atoms with Crippen LogP contribution in [-0.4, -0.2) is 49.3 Å². The van der Waals surface area contributed by atoms with Crippen LogP contribution in [0.3, 0.4) is 0 Å². The van der Waals surface area contributed by atoms with Crippen molar-refractivity contribution in [2.75, 3.05) is 25.6 Å². The first-order valence-corrected chi connectivity index (χ1v) is 8.68. The van der Waals surface area contributed by atoms with Gasteiger partial charge in [-0.1, -0.05) is 12.1 Å². The Morgan fingerprint density at radius 2 is 1.64 bits per heavy atom. The molecule has 0 atom stereocenters. The molecule has 1 heterocycles. The number of carbonyl (C=O) groups is 4. The molecule has 3 rings (SSSR count). The van der Waals surface area contributed by atoms with Gasteiger partial charge in [0.05, 0.1) is 22.4 Å². The van der Waals surface area contributed by atoms with Crippen LogP contribution < -0.4 is 4.90 Å². The monoisotopic (exact) mass is 380 g/mol. The fraction of sp³-hybridized carbons (Fsp3) is 0.238. The van der Waals surface area contributed by atoms with Gasteiger partial charge in [0.15, 0.2) is 6.61 Å². The lowest BCUT2D eigenvalue weighted by Gasteiger charge is -2.17. The first-order chi connectivity index (χ1) is 13.2. The molecule has 0 unspecified atom stereocenters. The minimum atomic E-state index is -0.733. The van der Waals surface area contributed by atoms with Gasteiger partial charge in [-0.2, -0.15) is 0 Å². The van der Waals surface area contributed by atoms with Crippen molar-refractivity contribution in [3.8, 4) is 0 Å². The van der Waals surface area contributed by atoms with Crippen LogP contribution in [0, 0.1) is 13.8 Å². The molecule has 0 aromatic heterocycles. The van der Waals surface area contributed by atoms with E-state index in [2.05, 4.69) is 0 Å². The molecule has 0 spiro atoms. The van der Waals surface area contributed by atoms with Crippen LogP contribution in [0.4, 0.5) is 5.69 Å². The highest BCUT2D eigenvalue weighted by atomic mass is 16.5. The molecule has 0 saturated carbocycles. The van der Waals surface area contributed by atoms with Crippen LogP contribution in [0.1, 0.15) is 42.2 Å². The number of nitrogens with zero attached hydrogens (tertiary/aromatic N) is 2. The van der Waals surface area contributed by atoms with Gasteiger partial charge in [0.1, 0.15) is 0 Å². The first kappa shape index (κ1) is 19.3. The molecule has 7 nitrogen and oxygen atoms in total. The Kier molecular flexibility index (Phi) is 5.00. The molecule has 28 heavy (non-hydrogen) atoms. The Morgan fingerprint density at radius 1 is 0.964 bits per heavy atom. The van der Waals surface area contributed by atoms with E-state index >= 15 is 0 Å². The highest BCUT2D eigenvalue weighted by Crippen LogP contribution is 2.31. The van der Waals surface area contributed by atoms with Crippen LogP contribution in [0.2, 0.25) is 0 Å². The average molecular weight is 380 g/mol. The van der Waals surface area contributed by atoms with Gasteiger partial charge in [0.25, 0.3) is 17.7 Å². The molecule has 0 fully saturated rings. The van der Waals surface area contributed by atoms with Crippen molar-refractivity contribution in [1.82, 2.24) is 4.90 Å². The Balaban J connectivity index is 1.89. The maximum Gasteiger partial charge on any atom is 0.338 e. The lowest BCUT2D eigenvalue weighted by atomic mass is 10.1. The Labute approximate surface area is 162 Å². The lowest BCUT2D eigenvalue weighted by Crippen LogP contribution is -2.30. The molecule has 2 aromatic carbocycles. The summed E-state index contributed by atoms with van der Waals surface area (Å²) in [6.07, 6.45) is 0. The molecule has 1 aliphatic rings. The number of likely N-dealkylation sites (N-methyl/N-ethyl adjacent to an activating group) is 1. The third-order valence-corrected chi connectivity index (χ3v) is 4.55. The molecule has 0 aliphatic carbocycles. The van der Waals surface area contributed by atoms with Crippen molar-refractivity contribution in [3.63, 3.8) is 0 Å². The number of amides is 3. The predicted molar refractivity (Wildman–Crippen MR) is 102 cm³/mol. The standard InChI is InChI=1S/C21H20N2O5/c1-12-5-6-13(2)17(9-12)23-19(25)15-8-7-14(10-16(15)20(23)26)21(27)28-11-18(24)22(3)4/h5-10H,11H2,1-4H3. The van der Waals surface area contributed by atoms with E-state index in [0.717, 1.165) is 16.0 Å². The molecule has 2 aromatic rings. The quantitative estimate of drug-likeness (QED) is 0.601. The highest BCUT2D eigenvalue weighted by molar-refractivity contribution is 6.35. The van der Waals surface area contributed by atoms with E-state index in [1.165, 1.54) is 23.1 Å². The second-order valence-electron chi connectivity index (χ2n) is 6.86. The number of esters is 1. The van der Waals surface area contributed by atoms with E-state index in [-0.39, 0.29) is 22.6 Å². The van der Waals surface area contributed by atoms with E-state index in [9.17, 15) is 19.2 Å². The van der Waals surface area contributed by atoms with Gasteiger partial charge in [0.2, 0.25) is 0 Å². The number of carbonyl (C=O) groups excluding carboxylic acids is 4. The third kappa shape index (κ3) is 3.38. The molecular formula is C21H20N2O5. The smallest absolute Gasteiger partial charge is 0.338 e. The summed E-state index contributed by atoms with van der Waals surface area (Å²) >= 11 is 0. The van der Waals surface area contributed by atoms with E-state index < -0.39 is 24.4 Å². The normalized spacial score (nSPS) is 12.8. The number of fused-ring (bicyclic) bond motifs is 1. The van der Waals surface area contributed by atoms with Gasteiger partial charge in [-0.3, -0.25) is 14.4 Å². The summed E-state index contributed by atoms with van der Waals surface area (Å²) in [4.78, 5) is 51.9. The summed E-state index contributed by atoms with van der Waals surface area (Å²) in [5, 5.41) is 0. The summed E-state index contributed by atoms with van der Waals surface area (Å²) in [5.74, 6) is -2.02. The number of hydrogen-bond acceptors (Lipinski definition) is 5. The Hall–Kier alpha value is -3.48. The summed E-state index contributed by atoms with van der Waals surface area (Å²) in [7, 11) is 3.11. The van der Waals surface area contributed by atoms with E-state index in [0.29, 0.717) is 5.69 Å². The molecule has 7 heteroatoms. The van der Waals surface area contributed by atoms with E-state index in [1.807, 2.05) is 26.0 Å². The van der Waals surface area contributed by atoms with Crippen molar-refractivity contribution in [1.29, 1.82) is 0 Å². The van der Waals surface area contributed by atoms with Crippen LogP contribution in [0.15, 0.2) is 36.4 Å². The van der Waals surface area contributed by atoms with Crippen molar-refractivity contribution < 1.29 is 23.9 Å². The van der Waals surface area contributed by atoms with Gasteiger partial charge in [-0.15, -0.1) is 0 Å². The number of hydrogen-bond donors (Lipinski definition) is 0. The zero-order valence-electron chi connectivity index (χ0n) is 16.1. The lowest BCUT2D eigenvalue weighted by molar-refractivity contribution is -0.131. The van der Waals surface area contributed by atoms with Gasteiger partial charge >= 0.3 is 5.97 Å². The number of rotatable bonds is 4. The van der Waals surface area contributed by atoms with Crippen LogP contribution in [0.5, 0.6) is 0 Å². The summed E-state index contributed by atoms with van der Waals surface area (Å²) < 4.78 is 4.98. The van der Waals surface area contributed by atoms with Crippen molar-refractivity contribution in [2.24, 2.45) is 0 Å². The molecular weight excluding hydrogens is 360 g/mol. The first-order valence-electron chi connectivity index (χ1n) is 8.68. The molecule has 3 amide bonds. The third-order valence-electron chi connectivity index (χ3n) is 4.55. The maximum absolute atomic E-state index is 12.9. The maximum atomic E-state index is 12.9. The van der Waals surface area contributed by atoms with Crippen molar-refractivity contribution in [2.45, 2.75) is 13.8 Å². The zero-order chi connectivity index (χ0) is 20.6. The van der Waals surface area contributed by atoms with E-state index in [1.54, 1.807) is 20.2 Å². The second-order valence-corrected chi connectivity index (χ2v) is 6.86. The van der Waals surface area contributed by atoms with Gasteiger partial charge in [0, 0.05) is 14.1 Å². The number of aryl methyl sites for hydroxylation is 2. The van der Waals surface area contributed by atoms with Gasteiger partial charge in [-0.05, 0) is 49.2 Å². The minimum absolute atomic E-state index is 0.106. The molecule has 144 valence electrons. The van der Waals surface area contributed by atoms with Crippen molar-refractivity contribution in [3.05, 3.63) is 64.2 Å². The van der Waals surface area contributed by atoms with Crippen molar-refractivity contribution >= 4 is 29.4 Å². The second kappa shape index (κ2) is 7.26. The van der Waals surface area contributed by atoms with Crippen LogP contribution in [-0.2, 0) is 9.53 Å². The molecule has 0 N–H and O–H groups in total. The minimum Gasteiger partial charge on any atom is -0.452 e. The summed E-state index contributed by atoms with van der Waals surface area (Å²) in [6.45, 7) is 3.30. The number of benzene rings is 2. The predicted octanol–water partition coefficient (Wildman–Crippen LogP) is 2.35. The topological polar surface area (TPSA) is 84.0 Å². The van der Waals surface area contributed by atoms with Gasteiger partial charge in [-0.25, -0.2) is 9.69 Å². The molecule has 0 saturated heterocycles. The number of anilines is 1. The van der Waals surface area contributed by atoms with Crippen LogP contribution >= 0.6 is 0 Å².